The predicted octanol–water partition coefficient (Wildman–Crippen LogP) is 7.66. The topological polar surface area (TPSA) is 46.9 Å². The highest BCUT2D eigenvalue weighted by Gasteiger charge is 2.18. The summed E-state index contributed by atoms with van der Waals surface area (Å²) in [4.78, 5) is 17.9. The van der Waals surface area contributed by atoms with E-state index in [1.54, 1.807) is 24.3 Å². The third-order valence-electron chi connectivity index (χ3n) is 5.71. The molecular weight excluding hydrogens is 477 g/mol. The molecular formula is C26H24Cl3N3O. The van der Waals surface area contributed by atoms with Gasteiger partial charge < -0.3 is 9.88 Å². The molecule has 3 aromatic carbocycles. The Hall–Kier alpha value is -2.53. The zero-order chi connectivity index (χ0) is 23.7. The fourth-order valence-corrected chi connectivity index (χ4v) is 4.54. The second kappa shape index (κ2) is 9.76. The summed E-state index contributed by atoms with van der Waals surface area (Å²) < 4.78 is 1.87. The number of halogens is 3. The summed E-state index contributed by atoms with van der Waals surface area (Å²) in [5.74, 6) is 0.883. The molecule has 4 rings (SSSR count). The average molecular weight is 501 g/mol. The van der Waals surface area contributed by atoms with E-state index in [0.717, 1.165) is 22.3 Å². The smallest absolute Gasteiger partial charge is 0.244 e. The molecule has 1 N–H and O–H groups in total. The van der Waals surface area contributed by atoms with Crippen LogP contribution in [0.2, 0.25) is 15.1 Å². The molecule has 4 aromatic rings. The zero-order valence-electron chi connectivity index (χ0n) is 18.6. The van der Waals surface area contributed by atoms with Crippen molar-refractivity contribution in [1.29, 1.82) is 0 Å². The number of hydrogen-bond donors (Lipinski definition) is 1. The number of benzene rings is 3. The molecule has 0 fully saturated rings. The molecule has 0 aliphatic carbocycles. The maximum Gasteiger partial charge on any atom is 0.244 e. The van der Waals surface area contributed by atoms with E-state index in [1.165, 1.54) is 5.56 Å². The van der Waals surface area contributed by atoms with E-state index in [2.05, 4.69) is 25.2 Å². The Morgan fingerprint density at radius 1 is 1.00 bits per heavy atom. The number of aryl methyl sites for hydroxylation is 1. The molecule has 0 atom stereocenters. The highest BCUT2D eigenvalue weighted by atomic mass is 35.5. The van der Waals surface area contributed by atoms with Crippen LogP contribution in [0.3, 0.4) is 0 Å². The molecule has 1 amide bonds. The van der Waals surface area contributed by atoms with E-state index in [1.807, 2.05) is 35.8 Å². The van der Waals surface area contributed by atoms with Gasteiger partial charge in [-0.15, -0.1) is 0 Å². The molecule has 0 radical (unpaired) electrons. The van der Waals surface area contributed by atoms with Gasteiger partial charge in [0.1, 0.15) is 17.9 Å². The number of aromatic nitrogens is 2. The van der Waals surface area contributed by atoms with Crippen molar-refractivity contribution in [2.75, 3.05) is 5.32 Å². The van der Waals surface area contributed by atoms with Crippen LogP contribution in [-0.2, 0) is 17.8 Å². The van der Waals surface area contributed by atoms with Crippen molar-refractivity contribution in [1.82, 2.24) is 9.55 Å². The lowest BCUT2D eigenvalue weighted by Crippen LogP contribution is -2.21. The van der Waals surface area contributed by atoms with Crippen LogP contribution in [0, 0.1) is 6.92 Å². The zero-order valence-corrected chi connectivity index (χ0v) is 20.9. The first kappa shape index (κ1) is 23.6. The van der Waals surface area contributed by atoms with Gasteiger partial charge in [-0.2, -0.15) is 0 Å². The maximum absolute atomic E-state index is 13.1. The Kier molecular flexibility index (Phi) is 6.99. The molecule has 0 aliphatic rings. The second-order valence-corrected chi connectivity index (χ2v) is 9.60. The molecule has 0 saturated heterocycles. The van der Waals surface area contributed by atoms with E-state index in [-0.39, 0.29) is 12.5 Å². The van der Waals surface area contributed by atoms with Gasteiger partial charge in [-0.3, -0.25) is 4.79 Å². The van der Waals surface area contributed by atoms with Crippen LogP contribution in [0.5, 0.6) is 0 Å². The average Bonchev–Trinajstić information content (AvgIpc) is 3.10. The molecule has 0 spiro atoms. The number of carbonyl (C=O) groups excluding carboxylic acids is 1. The molecule has 0 bridgehead atoms. The number of nitrogens with one attached hydrogen (secondary N) is 1. The molecule has 0 saturated carbocycles. The van der Waals surface area contributed by atoms with Crippen molar-refractivity contribution in [2.45, 2.75) is 39.7 Å². The van der Waals surface area contributed by atoms with Gasteiger partial charge in [0.2, 0.25) is 5.91 Å². The van der Waals surface area contributed by atoms with E-state index < -0.39 is 0 Å². The summed E-state index contributed by atoms with van der Waals surface area (Å²) in [6.07, 6.45) is 0.374. The Morgan fingerprint density at radius 2 is 1.67 bits per heavy atom. The largest absolute Gasteiger partial charge is 0.324 e. The van der Waals surface area contributed by atoms with Crippen LogP contribution >= 0.6 is 34.8 Å². The van der Waals surface area contributed by atoms with E-state index >= 15 is 0 Å². The molecule has 0 aliphatic heterocycles. The SMILES string of the molecule is Cc1ccc(C(C)C)cc1NC(=O)Cn1c(Cc2c(Cl)cccc2Cl)nc2c(Cl)cccc21. The van der Waals surface area contributed by atoms with Crippen molar-refractivity contribution in [3.63, 3.8) is 0 Å². The normalized spacial score (nSPS) is 11.4. The lowest BCUT2D eigenvalue weighted by molar-refractivity contribution is -0.116. The predicted molar refractivity (Wildman–Crippen MR) is 138 cm³/mol. The van der Waals surface area contributed by atoms with E-state index in [0.29, 0.717) is 38.7 Å². The van der Waals surface area contributed by atoms with E-state index in [4.69, 9.17) is 39.8 Å². The minimum atomic E-state index is -0.148. The molecule has 170 valence electrons. The highest BCUT2D eigenvalue weighted by molar-refractivity contribution is 6.36. The number of carbonyl (C=O) groups is 1. The fourth-order valence-electron chi connectivity index (χ4n) is 3.80. The second-order valence-electron chi connectivity index (χ2n) is 8.38. The van der Waals surface area contributed by atoms with Crippen molar-refractivity contribution in [3.8, 4) is 0 Å². The standard InChI is InChI=1S/C26H24Cl3N3O/c1-15(2)17-11-10-16(3)22(12-17)30-25(33)14-32-23-9-5-8-21(29)26(23)31-24(32)13-18-19(27)6-4-7-20(18)28/h4-12,15H,13-14H2,1-3H3,(H,30,33). The molecule has 4 nitrogen and oxygen atoms in total. The quantitative estimate of drug-likeness (QED) is 0.295. The number of imidazole rings is 1. The van der Waals surface area contributed by atoms with Gasteiger partial charge in [-0.1, -0.05) is 72.9 Å². The third-order valence-corrected chi connectivity index (χ3v) is 6.72. The van der Waals surface area contributed by atoms with E-state index in [9.17, 15) is 4.79 Å². The molecule has 0 unspecified atom stereocenters. The van der Waals surface area contributed by atoms with Crippen molar-refractivity contribution in [3.05, 3.63) is 92.2 Å². The first-order valence-electron chi connectivity index (χ1n) is 10.7. The number of fused-ring (bicyclic) bond motifs is 1. The first-order valence-corrected chi connectivity index (χ1v) is 11.8. The van der Waals surface area contributed by atoms with Crippen LogP contribution in [0.25, 0.3) is 11.0 Å². The van der Waals surface area contributed by atoms with Gasteiger partial charge in [0, 0.05) is 22.2 Å². The summed E-state index contributed by atoms with van der Waals surface area (Å²) in [5, 5.41) is 4.70. The van der Waals surface area contributed by atoms with Crippen LogP contribution in [0.15, 0.2) is 54.6 Å². The number of rotatable bonds is 6. The fraction of sp³-hybridized carbons (Fsp3) is 0.231. The van der Waals surface area contributed by atoms with Gasteiger partial charge in [0.05, 0.1) is 10.5 Å². The number of nitrogens with zero attached hydrogens (tertiary/aromatic N) is 2. The van der Waals surface area contributed by atoms with Crippen LogP contribution in [-0.4, -0.2) is 15.5 Å². The Bertz CT molecular complexity index is 1320. The Balaban J connectivity index is 1.70. The number of para-hydroxylation sites is 1. The van der Waals surface area contributed by atoms with Crippen molar-refractivity contribution < 1.29 is 4.79 Å². The monoisotopic (exact) mass is 499 g/mol. The number of anilines is 1. The number of hydrogen-bond acceptors (Lipinski definition) is 2. The summed E-state index contributed by atoms with van der Waals surface area (Å²) in [6, 6.07) is 17.1. The minimum absolute atomic E-state index is 0.0829. The van der Waals surface area contributed by atoms with Gasteiger partial charge >= 0.3 is 0 Å². The van der Waals surface area contributed by atoms with Gasteiger partial charge in [0.15, 0.2) is 0 Å². The van der Waals surface area contributed by atoms with Gasteiger partial charge in [0.25, 0.3) is 0 Å². The van der Waals surface area contributed by atoms with Crippen molar-refractivity contribution in [2.24, 2.45) is 0 Å². The Labute approximate surface area is 208 Å². The summed E-state index contributed by atoms with van der Waals surface area (Å²) in [7, 11) is 0. The highest BCUT2D eigenvalue weighted by Crippen LogP contribution is 2.30. The van der Waals surface area contributed by atoms with Crippen LogP contribution in [0.1, 0.15) is 42.3 Å². The summed E-state index contributed by atoms with van der Waals surface area (Å²) in [5.41, 5.74) is 5.17. The minimum Gasteiger partial charge on any atom is -0.324 e. The number of amides is 1. The third kappa shape index (κ3) is 5.03. The Morgan fingerprint density at radius 3 is 2.36 bits per heavy atom. The van der Waals surface area contributed by atoms with Crippen LogP contribution < -0.4 is 5.32 Å². The van der Waals surface area contributed by atoms with Gasteiger partial charge in [-0.25, -0.2) is 4.98 Å². The maximum atomic E-state index is 13.1. The lowest BCUT2D eigenvalue weighted by Gasteiger charge is -2.14. The summed E-state index contributed by atoms with van der Waals surface area (Å²) in [6.45, 7) is 6.32. The van der Waals surface area contributed by atoms with Crippen LogP contribution in [0.4, 0.5) is 5.69 Å². The molecule has 7 heteroatoms. The lowest BCUT2D eigenvalue weighted by atomic mass is 10.0. The molecule has 33 heavy (non-hydrogen) atoms. The molecule has 1 aromatic heterocycles. The first-order chi connectivity index (χ1) is 15.7. The van der Waals surface area contributed by atoms with Crippen molar-refractivity contribution >= 4 is 57.4 Å². The van der Waals surface area contributed by atoms with Gasteiger partial charge in [-0.05, 0) is 59.9 Å². The molecule has 1 heterocycles. The summed E-state index contributed by atoms with van der Waals surface area (Å²) >= 11 is 19.2.